The number of anilines is 2. The number of carboxylic acid groups (broad SMARTS) is 1. The summed E-state index contributed by atoms with van der Waals surface area (Å²) in [4.78, 5) is 19.4. The zero-order chi connectivity index (χ0) is 14.8. The van der Waals surface area contributed by atoms with Gasteiger partial charge in [-0.05, 0) is 30.3 Å². The predicted octanol–water partition coefficient (Wildman–Crippen LogP) is 1.81. The van der Waals surface area contributed by atoms with Crippen LogP contribution in [0.5, 0.6) is 5.75 Å². The number of benzene rings is 1. The van der Waals surface area contributed by atoms with E-state index >= 15 is 0 Å². The number of pyridine rings is 1. The van der Waals surface area contributed by atoms with Gasteiger partial charge in [-0.2, -0.15) is 0 Å². The van der Waals surface area contributed by atoms with Crippen LogP contribution in [-0.4, -0.2) is 23.0 Å². The highest BCUT2D eigenvalue weighted by Crippen LogP contribution is 2.31. The van der Waals surface area contributed by atoms with Gasteiger partial charge in [-0.25, -0.2) is 9.97 Å². The Morgan fingerprint density at radius 3 is 3.00 bits per heavy atom. The molecule has 0 saturated carbocycles. The van der Waals surface area contributed by atoms with Crippen LogP contribution >= 0.6 is 11.3 Å². The van der Waals surface area contributed by atoms with Crippen LogP contribution in [0.15, 0.2) is 36.5 Å². The van der Waals surface area contributed by atoms with Crippen LogP contribution in [0.4, 0.5) is 10.9 Å². The Morgan fingerprint density at radius 2 is 2.24 bits per heavy atom. The van der Waals surface area contributed by atoms with Gasteiger partial charge in [-0.3, -0.25) is 0 Å². The van der Waals surface area contributed by atoms with Gasteiger partial charge in [0.2, 0.25) is 0 Å². The van der Waals surface area contributed by atoms with E-state index in [0.717, 1.165) is 16.0 Å². The van der Waals surface area contributed by atoms with Gasteiger partial charge in [0, 0.05) is 11.8 Å². The van der Waals surface area contributed by atoms with Crippen molar-refractivity contribution in [3.8, 4) is 5.75 Å². The summed E-state index contributed by atoms with van der Waals surface area (Å²) in [6.07, 6.45) is 1.51. The van der Waals surface area contributed by atoms with Crippen molar-refractivity contribution in [3.63, 3.8) is 0 Å². The molecule has 0 aliphatic rings. The number of nitrogens with zero attached hydrogens (tertiary/aromatic N) is 2. The molecular formula is C14H10N3O3S-. The quantitative estimate of drug-likeness (QED) is 0.790. The number of hydrogen-bond acceptors (Lipinski definition) is 7. The van der Waals surface area contributed by atoms with E-state index in [4.69, 9.17) is 4.74 Å². The molecule has 0 fully saturated rings. The zero-order valence-corrected chi connectivity index (χ0v) is 11.8. The molecule has 0 spiro atoms. The van der Waals surface area contributed by atoms with E-state index < -0.39 is 5.97 Å². The molecule has 0 atom stereocenters. The lowest BCUT2D eigenvalue weighted by atomic mass is 10.2. The highest BCUT2D eigenvalue weighted by atomic mass is 32.1. The highest BCUT2D eigenvalue weighted by molar-refractivity contribution is 7.22. The number of carbonyl (C=O) groups excluding carboxylic acids is 1. The number of aromatic carboxylic acids is 1. The molecule has 0 unspecified atom stereocenters. The van der Waals surface area contributed by atoms with Gasteiger partial charge in [-0.1, -0.05) is 11.3 Å². The lowest BCUT2D eigenvalue weighted by Crippen LogP contribution is -2.23. The average Bonchev–Trinajstić information content (AvgIpc) is 2.88. The van der Waals surface area contributed by atoms with Crippen LogP contribution in [0.3, 0.4) is 0 Å². The number of methoxy groups -OCH3 is 1. The highest BCUT2D eigenvalue weighted by Gasteiger charge is 2.09. The first-order valence-electron chi connectivity index (χ1n) is 6.05. The predicted molar refractivity (Wildman–Crippen MR) is 78.0 cm³/mol. The topological polar surface area (TPSA) is 87.2 Å². The number of carboxylic acids is 1. The summed E-state index contributed by atoms with van der Waals surface area (Å²) in [6.45, 7) is 0. The van der Waals surface area contributed by atoms with E-state index in [-0.39, 0.29) is 11.4 Å². The molecule has 2 aromatic heterocycles. The summed E-state index contributed by atoms with van der Waals surface area (Å²) >= 11 is 1.39. The van der Waals surface area contributed by atoms with Crippen LogP contribution in [-0.2, 0) is 0 Å². The van der Waals surface area contributed by atoms with Crippen molar-refractivity contribution < 1.29 is 14.6 Å². The van der Waals surface area contributed by atoms with Crippen molar-refractivity contribution in [2.45, 2.75) is 0 Å². The van der Waals surface area contributed by atoms with Crippen molar-refractivity contribution in [1.29, 1.82) is 0 Å². The lowest BCUT2D eigenvalue weighted by molar-refractivity contribution is -0.254. The Hall–Kier alpha value is -2.67. The van der Waals surface area contributed by atoms with Crippen molar-refractivity contribution in [1.82, 2.24) is 9.97 Å². The molecule has 6 nitrogen and oxygen atoms in total. The largest absolute Gasteiger partial charge is 0.545 e. The Kier molecular flexibility index (Phi) is 3.41. The third-order valence-electron chi connectivity index (χ3n) is 2.85. The van der Waals surface area contributed by atoms with E-state index in [1.165, 1.54) is 23.6 Å². The van der Waals surface area contributed by atoms with Crippen LogP contribution in [0.2, 0.25) is 0 Å². The second kappa shape index (κ2) is 5.37. The molecule has 0 bridgehead atoms. The normalized spacial score (nSPS) is 10.5. The molecule has 3 aromatic rings. The minimum atomic E-state index is -1.28. The first-order chi connectivity index (χ1) is 10.2. The standard InChI is InChI=1S/C14H11N3O3S/c1-20-8-4-5-10-11(7-8)21-14(16-10)17-12-9(13(18)19)3-2-6-15-12/h2-7H,1H3,(H,18,19)(H,15,16,17)/p-1. The fourth-order valence-corrected chi connectivity index (χ4v) is 2.75. The van der Waals surface area contributed by atoms with Crippen LogP contribution in [0.25, 0.3) is 10.2 Å². The van der Waals surface area contributed by atoms with Crippen LogP contribution in [0, 0.1) is 0 Å². The van der Waals surface area contributed by atoms with E-state index in [1.54, 1.807) is 13.2 Å². The fraction of sp³-hybridized carbons (Fsp3) is 0.0714. The molecule has 0 saturated heterocycles. The van der Waals surface area contributed by atoms with Gasteiger partial charge in [-0.15, -0.1) is 0 Å². The number of ether oxygens (including phenoxy) is 1. The Morgan fingerprint density at radius 1 is 1.38 bits per heavy atom. The Labute approximate surface area is 124 Å². The molecule has 0 amide bonds. The number of carbonyl (C=O) groups is 1. The van der Waals surface area contributed by atoms with Gasteiger partial charge in [0.05, 0.1) is 23.3 Å². The monoisotopic (exact) mass is 300 g/mol. The van der Waals surface area contributed by atoms with E-state index in [0.29, 0.717) is 5.13 Å². The molecular weight excluding hydrogens is 290 g/mol. The van der Waals surface area contributed by atoms with Gasteiger partial charge in [0.15, 0.2) is 5.13 Å². The third-order valence-corrected chi connectivity index (χ3v) is 3.78. The molecule has 0 radical (unpaired) electrons. The molecule has 3 rings (SSSR count). The van der Waals surface area contributed by atoms with Gasteiger partial charge < -0.3 is 20.0 Å². The summed E-state index contributed by atoms with van der Waals surface area (Å²) in [5.41, 5.74) is 0.795. The first kappa shape index (κ1) is 13.3. The average molecular weight is 300 g/mol. The second-order valence-corrected chi connectivity index (χ2v) is 5.20. The van der Waals surface area contributed by atoms with Gasteiger partial charge in [0.25, 0.3) is 0 Å². The SMILES string of the molecule is COc1ccc2nc(Nc3ncccc3C(=O)[O-])sc2c1. The lowest BCUT2D eigenvalue weighted by Gasteiger charge is -2.08. The van der Waals surface area contributed by atoms with Crippen molar-refractivity contribution in [2.24, 2.45) is 0 Å². The van der Waals surface area contributed by atoms with E-state index in [2.05, 4.69) is 15.3 Å². The molecule has 0 aliphatic heterocycles. The summed E-state index contributed by atoms with van der Waals surface area (Å²) in [5.74, 6) is -0.331. The number of nitrogens with one attached hydrogen (secondary N) is 1. The maximum atomic E-state index is 11.0. The maximum Gasteiger partial charge on any atom is 0.189 e. The van der Waals surface area contributed by atoms with Gasteiger partial charge >= 0.3 is 0 Å². The molecule has 1 aromatic carbocycles. The van der Waals surface area contributed by atoms with Gasteiger partial charge in [0.1, 0.15) is 11.6 Å². The van der Waals surface area contributed by atoms with Crippen LogP contribution < -0.4 is 15.2 Å². The molecule has 7 heteroatoms. The van der Waals surface area contributed by atoms with Crippen LogP contribution in [0.1, 0.15) is 10.4 Å². The maximum absolute atomic E-state index is 11.0. The summed E-state index contributed by atoms with van der Waals surface area (Å²) < 4.78 is 6.09. The number of thiazole rings is 1. The second-order valence-electron chi connectivity index (χ2n) is 4.16. The zero-order valence-electron chi connectivity index (χ0n) is 11.0. The van der Waals surface area contributed by atoms with E-state index in [1.807, 2.05) is 18.2 Å². The molecule has 1 N–H and O–H groups in total. The summed E-state index contributed by atoms with van der Waals surface area (Å²) in [5, 5.41) is 14.5. The summed E-state index contributed by atoms with van der Waals surface area (Å²) in [7, 11) is 1.60. The molecule has 2 heterocycles. The molecule has 106 valence electrons. The van der Waals surface area contributed by atoms with Crippen molar-refractivity contribution in [2.75, 3.05) is 12.4 Å². The Bertz CT molecular complexity index is 816. The summed E-state index contributed by atoms with van der Waals surface area (Å²) in [6, 6.07) is 8.50. The van der Waals surface area contributed by atoms with Crippen molar-refractivity contribution >= 4 is 38.5 Å². The third kappa shape index (κ3) is 2.63. The van der Waals surface area contributed by atoms with E-state index in [9.17, 15) is 9.90 Å². The minimum Gasteiger partial charge on any atom is -0.545 e. The number of aromatic nitrogens is 2. The Balaban J connectivity index is 1.97. The smallest absolute Gasteiger partial charge is 0.189 e. The first-order valence-corrected chi connectivity index (χ1v) is 6.87. The molecule has 21 heavy (non-hydrogen) atoms. The number of rotatable bonds is 4. The minimum absolute atomic E-state index is 0.00524. The molecule has 0 aliphatic carbocycles. The number of hydrogen-bond donors (Lipinski definition) is 1. The van der Waals surface area contributed by atoms with Crippen molar-refractivity contribution in [3.05, 3.63) is 42.1 Å². The fourth-order valence-electron chi connectivity index (χ4n) is 1.86. The number of fused-ring (bicyclic) bond motifs is 1.